The topological polar surface area (TPSA) is 20.3 Å². The van der Waals surface area contributed by atoms with Gasteiger partial charge in [0.05, 0.1) is 0 Å². The Morgan fingerprint density at radius 1 is 1.06 bits per heavy atom. The molecule has 0 radical (unpaired) electrons. The van der Waals surface area contributed by atoms with Crippen LogP contribution in [0.1, 0.15) is 57.8 Å². The highest BCUT2D eigenvalue weighted by atomic mass is 35.5. The Hall–Kier alpha value is -0.240. The fourth-order valence-electron chi connectivity index (χ4n) is 3.24. The summed E-state index contributed by atoms with van der Waals surface area (Å²) in [5.74, 6) is 1.62. The van der Waals surface area contributed by atoms with Crippen molar-refractivity contribution < 1.29 is 4.79 Å². The molecule has 0 aromatic heterocycles. The van der Waals surface area contributed by atoms with E-state index in [1.54, 1.807) is 0 Å². The highest BCUT2D eigenvalue weighted by Gasteiger charge is 2.27. The minimum atomic E-state index is 0.307. The van der Waals surface area contributed by atoms with Crippen LogP contribution < -0.4 is 0 Å². The molecule has 1 saturated carbocycles. The van der Waals surface area contributed by atoms with Gasteiger partial charge in [-0.05, 0) is 38.0 Å². The molecule has 2 rings (SSSR count). The maximum Gasteiger partial charge on any atom is 0.223 e. The van der Waals surface area contributed by atoms with Crippen molar-refractivity contribution in [3.05, 3.63) is 0 Å². The zero-order chi connectivity index (χ0) is 12.1. The Labute approximate surface area is 110 Å². The average Bonchev–Trinajstić information content (AvgIpc) is 2.40. The highest BCUT2D eigenvalue weighted by Crippen LogP contribution is 2.28. The predicted molar refractivity (Wildman–Crippen MR) is 71.3 cm³/mol. The first-order chi connectivity index (χ1) is 8.31. The zero-order valence-corrected chi connectivity index (χ0v) is 11.4. The van der Waals surface area contributed by atoms with Crippen molar-refractivity contribution in [1.82, 2.24) is 4.90 Å². The number of likely N-dealkylation sites (tertiary alicyclic amines) is 1. The van der Waals surface area contributed by atoms with E-state index in [0.29, 0.717) is 23.7 Å². The maximum absolute atomic E-state index is 12.3. The molecule has 1 heterocycles. The molecule has 1 amide bonds. The molecular weight excluding hydrogens is 234 g/mol. The molecule has 0 N–H and O–H groups in total. The van der Waals surface area contributed by atoms with E-state index < -0.39 is 0 Å². The van der Waals surface area contributed by atoms with E-state index in [2.05, 4.69) is 4.90 Å². The summed E-state index contributed by atoms with van der Waals surface area (Å²) in [7, 11) is 0. The van der Waals surface area contributed by atoms with Gasteiger partial charge >= 0.3 is 0 Å². The number of carbonyl (C=O) groups excluding carboxylic acids is 1. The minimum absolute atomic E-state index is 0.307. The number of rotatable bonds is 3. The third-order valence-corrected chi connectivity index (χ3v) is 4.67. The first-order valence-corrected chi connectivity index (χ1v) is 7.70. The molecule has 1 saturated heterocycles. The van der Waals surface area contributed by atoms with E-state index in [-0.39, 0.29) is 0 Å². The quantitative estimate of drug-likeness (QED) is 0.708. The van der Waals surface area contributed by atoms with Gasteiger partial charge in [-0.2, -0.15) is 0 Å². The Kier molecular flexibility index (Phi) is 5.15. The zero-order valence-electron chi connectivity index (χ0n) is 10.7. The lowest BCUT2D eigenvalue weighted by Gasteiger charge is -2.36. The molecular formula is C14H24ClNO. The molecule has 0 spiro atoms. The average molecular weight is 258 g/mol. The van der Waals surface area contributed by atoms with Crippen molar-refractivity contribution in [1.29, 1.82) is 0 Å². The second kappa shape index (κ2) is 6.63. The molecule has 2 fully saturated rings. The van der Waals surface area contributed by atoms with Gasteiger partial charge in [-0.15, -0.1) is 11.6 Å². The van der Waals surface area contributed by atoms with Gasteiger partial charge in [0, 0.05) is 24.9 Å². The molecule has 1 atom stereocenters. The fourth-order valence-corrected chi connectivity index (χ4v) is 3.57. The number of hydrogen-bond acceptors (Lipinski definition) is 1. The molecule has 98 valence electrons. The molecule has 3 heteroatoms. The van der Waals surface area contributed by atoms with Gasteiger partial charge in [0.25, 0.3) is 0 Å². The SMILES string of the molecule is O=C(CC1CCCCC1)N1CCCCC1CCl. The van der Waals surface area contributed by atoms with Gasteiger partial charge in [0.15, 0.2) is 0 Å². The number of carbonyl (C=O) groups is 1. The van der Waals surface area contributed by atoms with E-state index in [1.807, 2.05) is 0 Å². The predicted octanol–water partition coefficient (Wildman–Crippen LogP) is 3.58. The summed E-state index contributed by atoms with van der Waals surface area (Å²) in [6, 6.07) is 0.307. The van der Waals surface area contributed by atoms with Gasteiger partial charge in [-0.3, -0.25) is 4.79 Å². The number of halogens is 1. The van der Waals surface area contributed by atoms with Crippen molar-refractivity contribution in [2.45, 2.75) is 63.8 Å². The van der Waals surface area contributed by atoms with Crippen LogP contribution in [-0.2, 0) is 4.79 Å². The largest absolute Gasteiger partial charge is 0.339 e. The molecule has 0 bridgehead atoms. The highest BCUT2D eigenvalue weighted by molar-refractivity contribution is 6.18. The van der Waals surface area contributed by atoms with Crippen LogP contribution in [0.25, 0.3) is 0 Å². The number of nitrogens with zero attached hydrogens (tertiary/aromatic N) is 1. The minimum Gasteiger partial charge on any atom is -0.339 e. The van der Waals surface area contributed by atoms with Gasteiger partial charge in [-0.1, -0.05) is 19.3 Å². The fraction of sp³-hybridized carbons (Fsp3) is 0.929. The van der Waals surface area contributed by atoms with E-state index in [1.165, 1.54) is 38.5 Å². The van der Waals surface area contributed by atoms with Gasteiger partial charge in [-0.25, -0.2) is 0 Å². The van der Waals surface area contributed by atoms with Crippen LogP contribution in [-0.4, -0.2) is 29.3 Å². The van der Waals surface area contributed by atoms with Crippen molar-refractivity contribution in [2.24, 2.45) is 5.92 Å². The molecule has 0 aromatic rings. The molecule has 17 heavy (non-hydrogen) atoms. The molecule has 1 aliphatic carbocycles. The van der Waals surface area contributed by atoms with E-state index in [4.69, 9.17) is 11.6 Å². The second-order valence-electron chi connectivity index (χ2n) is 5.60. The molecule has 1 aliphatic heterocycles. The lowest BCUT2D eigenvalue weighted by atomic mass is 9.86. The third kappa shape index (κ3) is 3.61. The Balaban J connectivity index is 1.84. The number of amides is 1. The van der Waals surface area contributed by atoms with Crippen LogP contribution in [0, 0.1) is 5.92 Å². The monoisotopic (exact) mass is 257 g/mol. The van der Waals surface area contributed by atoms with E-state index >= 15 is 0 Å². The van der Waals surface area contributed by atoms with Crippen molar-refractivity contribution in [3.63, 3.8) is 0 Å². The summed E-state index contributed by atoms with van der Waals surface area (Å²) in [6.07, 6.45) is 10.8. The Morgan fingerprint density at radius 3 is 2.47 bits per heavy atom. The third-order valence-electron chi connectivity index (χ3n) is 4.31. The summed E-state index contributed by atoms with van der Waals surface area (Å²) in [5.41, 5.74) is 0. The second-order valence-corrected chi connectivity index (χ2v) is 5.91. The summed E-state index contributed by atoms with van der Waals surface area (Å²) in [4.78, 5) is 14.4. The van der Waals surface area contributed by atoms with Crippen molar-refractivity contribution in [2.75, 3.05) is 12.4 Å². The summed E-state index contributed by atoms with van der Waals surface area (Å²) >= 11 is 5.97. The Bertz CT molecular complexity index is 251. The number of alkyl halides is 1. The van der Waals surface area contributed by atoms with Crippen LogP contribution in [0.4, 0.5) is 0 Å². The number of piperidine rings is 1. The van der Waals surface area contributed by atoms with Crippen LogP contribution in [0.15, 0.2) is 0 Å². The van der Waals surface area contributed by atoms with Crippen LogP contribution >= 0.6 is 11.6 Å². The van der Waals surface area contributed by atoms with Gasteiger partial charge < -0.3 is 4.90 Å². The van der Waals surface area contributed by atoms with Crippen molar-refractivity contribution >= 4 is 17.5 Å². The Morgan fingerprint density at radius 2 is 1.76 bits per heavy atom. The van der Waals surface area contributed by atoms with Crippen LogP contribution in [0.5, 0.6) is 0 Å². The van der Waals surface area contributed by atoms with Crippen LogP contribution in [0.2, 0.25) is 0 Å². The lowest BCUT2D eigenvalue weighted by Crippen LogP contribution is -2.45. The molecule has 1 unspecified atom stereocenters. The maximum atomic E-state index is 12.3. The first-order valence-electron chi connectivity index (χ1n) is 7.16. The summed E-state index contributed by atoms with van der Waals surface area (Å²) < 4.78 is 0. The molecule has 0 aromatic carbocycles. The smallest absolute Gasteiger partial charge is 0.223 e. The first kappa shape index (κ1) is 13.2. The molecule has 2 aliphatic rings. The van der Waals surface area contributed by atoms with E-state index in [0.717, 1.165) is 25.8 Å². The van der Waals surface area contributed by atoms with Gasteiger partial charge in [0.1, 0.15) is 0 Å². The van der Waals surface area contributed by atoms with Crippen molar-refractivity contribution in [3.8, 4) is 0 Å². The van der Waals surface area contributed by atoms with Crippen LogP contribution in [0.3, 0.4) is 0 Å². The molecule has 2 nitrogen and oxygen atoms in total. The summed E-state index contributed by atoms with van der Waals surface area (Å²) in [6.45, 7) is 0.933. The van der Waals surface area contributed by atoms with Gasteiger partial charge in [0.2, 0.25) is 5.91 Å². The normalized spacial score (nSPS) is 27.1. The standard InChI is InChI=1S/C14H24ClNO/c15-11-13-8-4-5-9-16(13)14(17)10-12-6-2-1-3-7-12/h12-13H,1-11H2. The van der Waals surface area contributed by atoms with E-state index in [9.17, 15) is 4.79 Å². The number of hydrogen-bond donors (Lipinski definition) is 0. The lowest BCUT2D eigenvalue weighted by molar-refractivity contribution is -0.135. The summed E-state index contributed by atoms with van der Waals surface area (Å²) in [5, 5.41) is 0.